The number of halogens is 1. The van der Waals surface area contributed by atoms with E-state index in [9.17, 15) is 9.18 Å². The summed E-state index contributed by atoms with van der Waals surface area (Å²) >= 11 is 1.26. The van der Waals surface area contributed by atoms with Crippen LogP contribution in [-0.2, 0) is 5.75 Å². The molecule has 0 saturated carbocycles. The minimum atomic E-state index is -0.582. The highest BCUT2D eigenvalue weighted by atomic mass is 32.2. The van der Waals surface area contributed by atoms with Crippen molar-refractivity contribution >= 4 is 11.8 Å². The van der Waals surface area contributed by atoms with Crippen molar-refractivity contribution in [1.29, 1.82) is 0 Å². The molecule has 2 N–H and O–H groups in total. The van der Waals surface area contributed by atoms with Gasteiger partial charge < -0.3 is 5.11 Å². The third kappa shape index (κ3) is 3.07. The van der Waals surface area contributed by atoms with E-state index in [1.54, 1.807) is 12.1 Å². The molecule has 0 unspecified atom stereocenters. The Balaban J connectivity index is 2.07. The highest BCUT2D eigenvalue weighted by molar-refractivity contribution is 7.98. The third-order valence-corrected chi connectivity index (χ3v) is 2.98. The van der Waals surface area contributed by atoms with E-state index >= 15 is 0 Å². The number of nitrogens with one attached hydrogen (secondary N) is 1. The van der Waals surface area contributed by atoms with Gasteiger partial charge in [0, 0.05) is 5.75 Å². The van der Waals surface area contributed by atoms with Crippen LogP contribution >= 0.6 is 11.8 Å². The number of hydrogen-bond acceptors (Lipinski definition) is 4. The van der Waals surface area contributed by atoms with Crippen molar-refractivity contribution in [1.82, 2.24) is 9.97 Å². The van der Waals surface area contributed by atoms with Gasteiger partial charge in [-0.25, -0.2) is 9.37 Å². The number of benzene rings is 1. The lowest BCUT2D eigenvalue weighted by atomic mass is 10.2. The fourth-order valence-corrected chi connectivity index (χ4v) is 2.00. The highest BCUT2D eigenvalue weighted by Gasteiger charge is 2.02. The Kier molecular flexibility index (Phi) is 3.43. The second kappa shape index (κ2) is 5.01. The second-order valence-corrected chi connectivity index (χ2v) is 4.29. The molecule has 1 heterocycles. The first kappa shape index (κ1) is 11.7. The predicted molar refractivity (Wildman–Crippen MR) is 62.5 cm³/mol. The lowest BCUT2D eigenvalue weighted by Crippen LogP contribution is -2.06. The highest BCUT2D eigenvalue weighted by Crippen LogP contribution is 2.18. The molecule has 0 amide bonds. The molecule has 0 aliphatic carbocycles. The minimum absolute atomic E-state index is 0.296. The fourth-order valence-electron chi connectivity index (χ4n) is 1.22. The normalized spacial score (nSPS) is 10.4. The Bertz CT molecular complexity index is 586. The Morgan fingerprint density at radius 2 is 2.29 bits per heavy atom. The van der Waals surface area contributed by atoms with Crippen LogP contribution in [0, 0.1) is 5.82 Å². The Hall–Kier alpha value is -1.82. The molecule has 0 atom stereocenters. The first-order valence-electron chi connectivity index (χ1n) is 4.80. The van der Waals surface area contributed by atoms with Crippen molar-refractivity contribution in [3.05, 3.63) is 52.2 Å². The monoisotopic (exact) mass is 252 g/mol. The van der Waals surface area contributed by atoms with Crippen molar-refractivity contribution in [2.75, 3.05) is 0 Å². The van der Waals surface area contributed by atoms with Crippen molar-refractivity contribution < 1.29 is 9.50 Å². The topological polar surface area (TPSA) is 66.0 Å². The van der Waals surface area contributed by atoms with E-state index in [2.05, 4.69) is 9.97 Å². The molecule has 0 aliphatic rings. The lowest BCUT2D eigenvalue weighted by Gasteiger charge is -2.01. The number of thioether (sulfide) groups is 1. The van der Waals surface area contributed by atoms with Crippen molar-refractivity contribution in [2.24, 2.45) is 0 Å². The van der Waals surface area contributed by atoms with Crippen LogP contribution in [0.3, 0.4) is 0 Å². The van der Waals surface area contributed by atoms with Gasteiger partial charge in [0.2, 0.25) is 0 Å². The van der Waals surface area contributed by atoms with Crippen LogP contribution in [0.4, 0.5) is 4.39 Å². The average molecular weight is 252 g/mol. The van der Waals surface area contributed by atoms with Gasteiger partial charge in [0.15, 0.2) is 10.9 Å². The largest absolute Gasteiger partial charge is 0.502 e. The van der Waals surface area contributed by atoms with Gasteiger partial charge in [-0.05, 0) is 17.7 Å². The molecule has 0 spiro atoms. The zero-order chi connectivity index (χ0) is 12.3. The van der Waals surface area contributed by atoms with Crippen molar-refractivity contribution in [2.45, 2.75) is 10.9 Å². The van der Waals surface area contributed by atoms with Crippen molar-refractivity contribution in [3.63, 3.8) is 0 Å². The van der Waals surface area contributed by atoms with E-state index in [0.717, 1.165) is 11.8 Å². The van der Waals surface area contributed by atoms with E-state index in [4.69, 9.17) is 5.11 Å². The standard InChI is InChI=1S/C11H9FN2O2S/c12-8-3-1-2-7(4-8)6-17-11-13-5-9(15)10(16)14-11/h1-5,15H,6H2,(H,13,14,16). The lowest BCUT2D eigenvalue weighted by molar-refractivity contribution is 0.460. The van der Waals surface area contributed by atoms with Crippen LogP contribution in [0.1, 0.15) is 5.56 Å². The average Bonchev–Trinajstić information content (AvgIpc) is 2.31. The van der Waals surface area contributed by atoms with E-state index in [-0.39, 0.29) is 5.82 Å². The van der Waals surface area contributed by atoms with Gasteiger partial charge in [0.25, 0.3) is 5.56 Å². The van der Waals surface area contributed by atoms with E-state index in [1.165, 1.54) is 23.9 Å². The van der Waals surface area contributed by atoms with Crippen LogP contribution in [0.5, 0.6) is 5.75 Å². The van der Waals surface area contributed by atoms with E-state index in [0.29, 0.717) is 10.9 Å². The summed E-state index contributed by atoms with van der Waals surface area (Å²) in [5, 5.41) is 9.39. The number of aromatic nitrogens is 2. The zero-order valence-corrected chi connectivity index (χ0v) is 9.50. The van der Waals surface area contributed by atoms with E-state index in [1.807, 2.05) is 0 Å². The van der Waals surface area contributed by atoms with Gasteiger partial charge in [-0.1, -0.05) is 23.9 Å². The van der Waals surface area contributed by atoms with Crippen LogP contribution < -0.4 is 5.56 Å². The number of aromatic amines is 1. The van der Waals surface area contributed by atoms with Crippen LogP contribution in [-0.4, -0.2) is 15.1 Å². The molecule has 0 fully saturated rings. The number of aromatic hydroxyl groups is 1. The summed E-state index contributed by atoms with van der Waals surface area (Å²) in [5.74, 6) is -0.221. The SMILES string of the molecule is O=c1[nH]c(SCc2cccc(F)c2)ncc1O. The maximum atomic E-state index is 12.9. The van der Waals surface area contributed by atoms with Crippen LogP contribution in [0.2, 0.25) is 0 Å². The molecular weight excluding hydrogens is 243 g/mol. The van der Waals surface area contributed by atoms with Gasteiger partial charge in [-0.15, -0.1) is 0 Å². The maximum Gasteiger partial charge on any atom is 0.293 e. The van der Waals surface area contributed by atoms with Gasteiger partial charge in [0.1, 0.15) is 5.82 Å². The Morgan fingerprint density at radius 1 is 1.47 bits per heavy atom. The Morgan fingerprint density at radius 3 is 3.00 bits per heavy atom. The summed E-state index contributed by atoms with van der Waals surface area (Å²) in [7, 11) is 0. The molecule has 0 bridgehead atoms. The summed E-state index contributed by atoms with van der Waals surface area (Å²) in [6.07, 6.45) is 1.09. The van der Waals surface area contributed by atoms with Crippen molar-refractivity contribution in [3.8, 4) is 5.75 Å². The fraction of sp³-hybridized carbons (Fsp3) is 0.0909. The molecular formula is C11H9FN2O2S. The molecule has 1 aromatic carbocycles. The van der Waals surface area contributed by atoms with Crippen LogP contribution in [0.25, 0.3) is 0 Å². The smallest absolute Gasteiger partial charge is 0.293 e. The van der Waals surface area contributed by atoms with Crippen LogP contribution in [0.15, 0.2) is 40.4 Å². The molecule has 6 heteroatoms. The van der Waals surface area contributed by atoms with Gasteiger partial charge in [-0.2, -0.15) is 0 Å². The molecule has 17 heavy (non-hydrogen) atoms. The summed E-state index contributed by atoms with van der Waals surface area (Å²) in [6, 6.07) is 6.20. The summed E-state index contributed by atoms with van der Waals surface area (Å²) in [6.45, 7) is 0. The molecule has 0 radical (unpaired) electrons. The van der Waals surface area contributed by atoms with E-state index < -0.39 is 11.3 Å². The number of hydrogen-bond donors (Lipinski definition) is 2. The zero-order valence-electron chi connectivity index (χ0n) is 8.68. The van der Waals surface area contributed by atoms with Gasteiger partial charge >= 0.3 is 0 Å². The maximum absolute atomic E-state index is 12.9. The molecule has 0 saturated heterocycles. The van der Waals surface area contributed by atoms with Gasteiger partial charge in [-0.3, -0.25) is 9.78 Å². The molecule has 2 rings (SSSR count). The number of nitrogens with zero attached hydrogens (tertiary/aromatic N) is 1. The minimum Gasteiger partial charge on any atom is -0.502 e. The predicted octanol–water partition coefficient (Wildman–Crippen LogP) is 1.91. The molecule has 88 valence electrons. The molecule has 1 aromatic heterocycles. The molecule has 0 aliphatic heterocycles. The first-order chi connectivity index (χ1) is 8.15. The Labute approximate surface area is 101 Å². The summed E-state index contributed by atoms with van der Waals surface area (Å²) in [4.78, 5) is 17.3. The molecule has 4 nitrogen and oxygen atoms in total. The van der Waals surface area contributed by atoms with Gasteiger partial charge in [0.05, 0.1) is 6.20 Å². The third-order valence-electron chi connectivity index (χ3n) is 2.02. The molecule has 2 aromatic rings. The number of rotatable bonds is 3. The summed E-state index contributed by atoms with van der Waals surface area (Å²) < 4.78 is 12.9. The number of H-pyrrole nitrogens is 1. The summed E-state index contributed by atoms with van der Waals surface area (Å²) in [5.41, 5.74) is 0.215. The second-order valence-electron chi connectivity index (χ2n) is 3.32. The first-order valence-corrected chi connectivity index (χ1v) is 5.79. The quantitative estimate of drug-likeness (QED) is 0.647.